The van der Waals surface area contributed by atoms with E-state index in [-0.39, 0.29) is 11.7 Å². The number of thiophene rings is 4. The van der Waals surface area contributed by atoms with Gasteiger partial charge in [-0.05, 0) is 65.8 Å². The van der Waals surface area contributed by atoms with Gasteiger partial charge in [0.25, 0.3) is 5.00 Å². The fourth-order valence-corrected chi connectivity index (χ4v) is 10.7. The van der Waals surface area contributed by atoms with Gasteiger partial charge in [0.2, 0.25) is 5.71 Å². The Morgan fingerprint density at radius 3 is 1.54 bits per heavy atom. The van der Waals surface area contributed by atoms with Gasteiger partial charge in [-0.2, -0.15) is 10.5 Å². The molecule has 2 aliphatic rings. The van der Waals surface area contributed by atoms with Crippen LogP contribution in [0.1, 0.15) is 65.5 Å². The summed E-state index contributed by atoms with van der Waals surface area (Å²) in [5.74, 6) is 2.62. The Morgan fingerprint density at radius 1 is 0.685 bits per heavy atom. The zero-order valence-electron chi connectivity index (χ0n) is 30.2. The van der Waals surface area contributed by atoms with Gasteiger partial charge in [-0.25, -0.2) is 14.7 Å². The van der Waals surface area contributed by atoms with Crippen LogP contribution >= 0.6 is 45.3 Å². The third-order valence-electron chi connectivity index (χ3n) is 8.66. The summed E-state index contributed by atoms with van der Waals surface area (Å²) >= 11 is 5.98. The first-order valence-corrected chi connectivity index (χ1v) is 20.3. The van der Waals surface area contributed by atoms with Gasteiger partial charge in [0.05, 0.1) is 48.5 Å². The molecule has 0 atom stereocenters. The van der Waals surface area contributed by atoms with Gasteiger partial charge in [0.15, 0.2) is 0 Å². The van der Waals surface area contributed by atoms with E-state index in [1.807, 2.05) is 38.1 Å². The Hall–Kier alpha value is -5.48. The first kappa shape index (κ1) is 36.9. The Kier molecular flexibility index (Phi) is 9.83. The number of fused-ring (bicyclic) bond motifs is 6. The highest BCUT2D eigenvalue weighted by molar-refractivity contribution is 7.26. The summed E-state index contributed by atoms with van der Waals surface area (Å²) in [6, 6.07) is 15.8. The van der Waals surface area contributed by atoms with E-state index in [1.165, 1.54) is 22.7 Å². The Bertz CT molecular complexity index is 2350. The fourth-order valence-electron chi connectivity index (χ4n) is 6.31. The minimum atomic E-state index is -0.662. The molecule has 0 aliphatic carbocycles. The van der Waals surface area contributed by atoms with E-state index in [4.69, 9.17) is 32.1 Å². The average molecular weight is 789 g/mol. The van der Waals surface area contributed by atoms with Crippen LogP contribution in [-0.2, 0) is 11.2 Å². The number of nitrogens with zero attached hydrogens (tertiary/aromatic N) is 6. The molecule has 5 aromatic rings. The summed E-state index contributed by atoms with van der Waals surface area (Å²) in [6.07, 6.45) is 1.65. The van der Waals surface area contributed by atoms with Crippen molar-refractivity contribution in [3.05, 3.63) is 70.4 Å². The van der Waals surface area contributed by atoms with Crippen LogP contribution in [0, 0.1) is 35.8 Å². The predicted molar refractivity (Wildman–Crippen MR) is 217 cm³/mol. The number of guanidine groups is 1. The molecule has 0 radical (unpaired) electrons. The standard InChI is InChI=1S/C40H32N6O4S4/c1-9-11-47-26-17-32(45-21(19-41)20-42)53-36(26)30-15-28-34(51-30)22-13-25-23(14-24(22)39(3,4)49-28)35-29(50-40(25,5)6)16-31(52-35)37-27(48-12-10-2)18-33(54-37)46-38(43-7)44-8/h13-18H,9-12H2,1-6H3. The number of hydrogen-bond acceptors (Lipinski definition) is 12. The average Bonchev–Trinajstić information content (AvgIpc) is 3.95. The lowest BCUT2D eigenvalue weighted by atomic mass is 9.81. The molecule has 0 spiro atoms. The number of nitriles is 2. The van der Waals surface area contributed by atoms with E-state index < -0.39 is 11.2 Å². The van der Waals surface area contributed by atoms with Crippen LogP contribution in [0.4, 0.5) is 10.0 Å². The van der Waals surface area contributed by atoms with Crippen molar-refractivity contribution in [2.75, 3.05) is 13.2 Å². The first-order chi connectivity index (χ1) is 25.9. The second-order valence-electron chi connectivity index (χ2n) is 13.3. The fraction of sp³-hybridized carbons (Fsp3) is 0.300. The smallest absolute Gasteiger partial charge is 0.492 e. The van der Waals surface area contributed by atoms with Crippen molar-refractivity contribution in [3.8, 4) is 75.5 Å². The topological polar surface area (TPSA) is 118 Å². The monoisotopic (exact) mass is 788 g/mol. The van der Waals surface area contributed by atoms with Gasteiger partial charge in [-0.1, -0.05) is 25.2 Å². The lowest BCUT2D eigenvalue weighted by Gasteiger charge is -2.38. The quantitative estimate of drug-likeness (QED) is 0.0790. The Morgan fingerprint density at radius 2 is 1.13 bits per heavy atom. The van der Waals surface area contributed by atoms with Crippen molar-refractivity contribution in [3.63, 3.8) is 0 Å². The van der Waals surface area contributed by atoms with Crippen molar-refractivity contribution in [2.24, 2.45) is 9.98 Å². The van der Waals surface area contributed by atoms with E-state index in [0.29, 0.717) is 34.7 Å². The van der Waals surface area contributed by atoms with Gasteiger partial charge in [0.1, 0.15) is 51.3 Å². The maximum atomic E-state index is 9.31. The molecule has 14 heteroatoms. The van der Waals surface area contributed by atoms with E-state index in [0.717, 1.165) is 75.9 Å². The lowest BCUT2D eigenvalue weighted by molar-refractivity contribution is 0.102. The molecule has 0 fully saturated rings. The van der Waals surface area contributed by atoms with Crippen LogP contribution in [-0.4, -0.2) is 24.9 Å². The van der Waals surface area contributed by atoms with E-state index in [2.05, 4.69) is 59.5 Å². The molecule has 6 heterocycles. The van der Waals surface area contributed by atoms with Crippen LogP contribution in [0.5, 0.6) is 23.0 Å². The Balaban J connectivity index is 1.34. The van der Waals surface area contributed by atoms with Crippen LogP contribution in [0.15, 0.2) is 46.4 Å². The van der Waals surface area contributed by atoms with Crippen molar-refractivity contribution in [1.82, 2.24) is 0 Å². The first-order valence-electron chi connectivity index (χ1n) is 17.0. The molecule has 10 nitrogen and oxygen atoms in total. The molecule has 7 rings (SSSR count). The Labute approximate surface area is 329 Å². The number of benzene rings is 1. The van der Waals surface area contributed by atoms with Gasteiger partial charge in [-0.3, -0.25) is 0 Å². The van der Waals surface area contributed by atoms with Crippen LogP contribution in [0.2, 0.25) is 0 Å². The number of hydrogen-bond donors (Lipinski definition) is 0. The molecule has 4 aromatic heterocycles. The molecule has 0 N–H and O–H groups in total. The molecule has 0 bridgehead atoms. The molecular weight excluding hydrogens is 757 g/mol. The molecule has 0 unspecified atom stereocenters. The highest BCUT2D eigenvalue weighted by Gasteiger charge is 2.41. The van der Waals surface area contributed by atoms with Crippen molar-refractivity contribution in [1.29, 1.82) is 10.5 Å². The normalized spacial score (nSPS) is 13.8. The minimum Gasteiger partial charge on any atom is -0.492 e. The minimum absolute atomic E-state index is 0.212. The van der Waals surface area contributed by atoms with Gasteiger partial charge < -0.3 is 18.9 Å². The van der Waals surface area contributed by atoms with Crippen molar-refractivity contribution in [2.45, 2.75) is 65.6 Å². The summed E-state index contributed by atoms with van der Waals surface area (Å²) < 4.78 is 25.8. The number of aliphatic imine (C=N–C) groups is 2. The predicted octanol–water partition coefficient (Wildman–Crippen LogP) is 12.4. The van der Waals surface area contributed by atoms with Gasteiger partial charge in [-0.15, -0.1) is 34.0 Å². The van der Waals surface area contributed by atoms with E-state index >= 15 is 0 Å². The molecule has 2 aliphatic heterocycles. The highest BCUT2D eigenvalue weighted by Crippen LogP contribution is 2.59. The summed E-state index contributed by atoms with van der Waals surface area (Å²) in [5.41, 5.74) is 2.72. The lowest BCUT2D eigenvalue weighted by Crippen LogP contribution is -2.32. The van der Waals surface area contributed by atoms with E-state index in [9.17, 15) is 10.5 Å². The number of rotatable bonds is 10. The van der Waals surface area contributed by atoms with Crippen LogP contribution < -0.4 is 18.9 Å². The summed E-state index contributed by atoms with van der Waals surface area (Å²) in [6.45, 7) is 28.0. The van der Waals surface area contributed by atoms with Crippen molar-refractivity contribution < 1.29 is 18.9 Å². The second-order valence-corrected chi connectivity index (χ2v) is 17.5. The SMILES string of the molecule is [C-]#[N+]C(=Nc1cc(OCCC)c(-c2cc3c(s2)-c2cc4c(cc2C(C)(C)O3)-c2sc(-c3sc(N=C(C#N)C#N)cc3OCCC)cc2OC4(C)C)s1)[N+]#[C-]. The molecule has 270 valence electrons. The zero-order valence-corrected chi connectivity index (χ0v) is 33.5. The molecule has 0 saturated heterocycles. The largest absolute Gasteiger partial charge is 0.635 e. The third-order valence-corrected chi connectivity index (χ3v) is 13.3. The molecule has 54 heavy (non-hydrogen) atoms. The van der Waals surface area contributed by atoms with Gasteiger partial charge >= 0.3 is 5.96 Å². The maximum Gasteiger partial charge on any atom is 0.635 e. The summed E-state index contributed by atoms with van der Waals surface area (Å²) in [5, 5.41) is 19.7. The van der Waals surface area contributed by atoms with E-state index in [1.54, 1.807) is 34.8 Å². The van der Waals surface area contributed by atoms with Gasteiger partial charge in [0, 0.05) is 45.4 Å². The molecule has 0 amide bonds. The molecule has 1 aromatic carbocycles. The third kappa shape index (κ3) is 6.64. The summed E-state index contributed by atoms with van der Waals surface area (Å²) in [7, 11) is 0. The zero-order chi connectivity index (χ0) is 38.4. The number of ether oxygens (including phenoxy) is 4. The second kappa shape index (κ2) is 14.4. The van der Waals surface area contributed by atoms with Crippen LogP contribution in [0.3, 0.4) is 0 Å². The maximum absolute atomic E-state index is 9.31. The highest BCUT2D eigenvalue weighted by atomic mass is 32.1. The van der Waals surface area contributed by atoms with Crippen LogP contribution in [0.25, 0.3) is 50.1 Å². The van der Waals surface area contributed by atoms with Crippen molar-refractivity contribution >= 4 is 67.0 Å². The summed E-state index contributed by atoms with van der Waals surface area (Å²) in [4.78, 5) is 20.6. The molecular formula is C40H32N6O4S4. The molecule has 0 saturated carbocycles.